The van der Waals surface area contributed by atoms with Crippen molar-refractivity contribution < 1.29 is 14.3 Å². The highest BCUT2D eigenvalue weighted by Gasteiger charge is 2.35. The summed E-state index contributed by atoms with van der Waals surface area (Å²) in [6.07, 6.45) is 0.514. The maximum atomic E-state index is 13.5. The standard InChI is InChI=1S/C33H42N4O3/c1-33(2,3)40-32(39)36-30(19-24-13-7-4-8-14-24)31(38)35-27-20-28(21-34)37(22-27)23-29(25-15-9-5-10-16-25)26-17-11-6-12-18-26/h4-18,27-30H,19-23,34H2,1-3H3,(H,35,38)(H,36,39)/t27-,28-,30-/m0/s1. The van der Waals surface area contributed by atoms with Gasteiger partial charge in [0, 0.05) is 44.1 Å². The highest BCUT2D eigenvalue weighted by Crippen LogP contribution is 2.29. The molecule has 7 heteroatoms. The molecule has 2 amide bonds. The number of benzene rings is 3. The lowest BCUT2D eigenvalue weighted by atomic mass is 9.90. The molecule has 0 aliphatic carbocycles. The van der Waals surface area contributed by atoms with E-state index >= 15 is 0 Å². The Bertz CT molecular complexity index is 1180. The van der Waals surface area contributed by atoms with Gasteiger partial charge in [0.15, 0.2) is 0 Å². The summed E-state index contributed by atoms with van der Waals surface area (Å²) < 4.78 is 5.45. The molecule has 4 rings (SSSR count). The first-order valence-electron chi connectivity index (χ1n) is 14.1. The summed E-state index contributed by atoms with van der Waals surface area (Å²) in [5.41, 5.74) is 9.03. The lowest BCUT2D eigenvalue weighted by molar-refractivity contribution is -0.123. The fourth-order valence-electron chi connectivity index (χ4n) is 5.38. The number of nitrogens with one attached hydrogen (secondary N) is 2. The van der Waals surface area contributed by atoms with Crippen LogP contribution < -0.4 is 16.4 Å². The Kier molecular flexibility index (Phi) is 9.96. The van der Waals surface area contributed by atoms with Crippen LogP contribution in [0.5, 0.6) is 0 Å². The van der Waals surface area contributed by atoms with Gasteiger partial charge in [-0.05, 0) is 43.9 Å². The van der Waals surface area contributed by atoms with Gasteiger partial charge in [-0.2, -0.15) is 0 Å². The number of alkyl carbamates (subject to hydrolysis) is 1. The van der Waals surface area contributed by atoms with Gasteiger partial charge in [-0.3, -0.25) is 9.69 Å². The molecule has 40 heavy (non-hydrogen) atoms. The molecule has 0 unspecified atom stereocenters. The summed E-state index contributed by atoms with van der Waals surface area (Å²) in [6, 6.07) is 30.0. The second kappa shape index (κ2) is 13.6. The van der Waals surface area contributed by atoms with Crippen LogP contribution >= 0.6 is 0 Å². The van der Waals surface area contributed by atoms with Gasteiger partial charge in [-0.15, -0.1) is 0 Å². The number of hydrogen-bond acceptors (Lipinski definition) is 5. The molecule has 3 aromatic carbocycles. The fraction of sp³-hybridized carbons (Fsp3) is 0.394. The monoisotopic (exact) mass is 542 g/mol. The predicted molar refractivity (Wildman–Crippen MR) is 159 cm³/mol. The molecule has 1 aliphatic heterocycles. The van der Waals surface area contributed by atoms with Gasteiger partial charge < -0.3 is 21.1 Å². The van der Waals surface area contributed by atoms with Crippen LogP contribution in [0.25, 0.3) is 0 Å². The molecule has 0 bridgehead atoms. The van der Waals surface area contributed by atoms with Crippen LogP contribution in [0.3, 0.4) is 0 Å². The van der Waals surface area contributed by atoms with Crippen LogP contribution in [0.4, 0.5) is 4.79 Å². The van der Waals surface area contributed by atoms with Crippen LogP contribution in [0.15, 0.2) is 91.0 Å². The summed E-state index contributed by atoms with van der Waals surface area (Å²) in [7, 11) is 0. The lowest BCUT2D eigenvalue weighted by Crippen LogP contribution is -2.52. The molecule has 3 atom stereocenters. The smallest absolute Gasteiger partial charge is 0.408 e. The SMILES string of the molecule is CC(C)(C)OC(=O)N[C@@H](Cc1ccccc1)C(=O)N[C@H]1C[C@@H](CN)N(CC(c2ccccc2)c2ccccc2)C1. The second-order valence-electron chi connectivity index (χ2n) is 11.5. The summed E-state index contributed by atoms with van der Waals surface area (Å²) in [4.78, 5) is 28.5. The van der Waals surface area contributed by atoms with E-state index < -0.39 is 17.7 Å². The Morgan fingerprint density at radius 1 is 0.925 bits per heavy atom. The molecule has 0 saturated carbocycles. The van der Waals surface area contributed by atoms with E-state index in [9.17, 15) is 9.59 Å². The summed E-state index contributed by atoms with van der Waals surface area (Å²) in [5, 5.41) is 6.00. The number of likely N-dealkylation sites (tertiary alicyclic amines) is 1. The Hall–Kier alpha value is -3.68. The van der Waals surface area contributed by atoms with Gasteiger partial charge in [-0.25, -0.2) is 4.79 Å². The average molecular weight is 543 g/mol. The zero-order valence-corrected chi connectivity index (χ0v) is 23.8. The van der Waals surface area contributed by atoms with Crippen molar-refractivity contribution in [3.8, 4) is 0 Å². The average Bonchev–Trinajstić information content (AvgIpc) is 3.33. The zero-order chi connectivity index (χ0) is 28.5. The van der Waals surface area contributed by atoms with Gasteiger partial charge in [0.2, 0.25) is 5.91 Å². The van der Waals surface area contributed by atoms with Gasteiger partial charge in [0.05, 0.1) is 0 Å². The van der Waals surface area contributed by atoms with Crippen molar-refractivity contribution in [1.82, 2.24) is 15.5 Å². The second-order valence-corrected chi connectivity index (χ2v) is 11.5. The van der Waals surface area contributed by atoms with Crippen LogP contribution in [0.1, 0.15) is 49.8 Å². The van der Waals surface area contributed by atoms with Crippen molar-refractivity contribution in [1.29, 1.82) is 0 Å². The van der Waals surface area contributed by atoms with E-state index in [0.717, 1.165) is 18.5 Å². The minimum absolute atomic E-state index is 0.0769. The maximum absolute atomic E-state index is 13.5. The number of nitrogens with two attached hydrogens (primary N) is 1. The molecule has 0 radical (unpaired) electrons. The van der Waals surface area contributed by atoms with E-state index in [1.807, 2.05) is 42.5 Å². The van der Waals surface area contributed by atoms with Gasteiger partial charge in [0.25, 0.3) is 0 Å². The normalized spacial score (nSPS) is 18.3. The van der Waals surface area contributed by atoms with E-state index in [1.165, 1.54) is 11.1 Å². The van der Waals surface area contributed by atoms with Crippen LogP contribution in [-0.2, 0) is 16.0 Å². The third kappa shape index (κ3) is 8.41. The number of ether oxygens (including phenoxy) is 1. The first-order chi connectivity index (χ1) is 19.2. The van der Waals surface area contributed by atoms with E-state index in [2.05, 4.69) is 64.1 Å². The maximum Gasteiger partial charge on any atom is 0.408 e. The highest BCUT2D eigenvalue weighted by molar-refractivity contribution is 5.86. The molecular formula is C33H42N4O3. The molecule has 7 nitrogen and oxygen atoms in total. The Labute approximate surface area is 238 Å². The summed E-state index contributed by atoms with van der Waals surface area (Å²) >= 11 is 0. The highest BCUT2D eigenvalue weighted by atomic mass is 16.6. The van der Waals surface area contributed by atoms with E-state index in [1.54, 1.807) is 20.8 Å². The van der Waals surface area contributed by atoms with Crippen molar-refractivity contribution in [2.24, 2.45) is 5.73 Å². The van der Waals surface area contributed by atoms with E-state index in [4.69, 9.17) is 10.5 Å². The summed E-state index contributed by atoms with van der Waals surface area (Å²) in [6.45, 7) is 7.40. The van der Waals surface area contributed by atoms with Crippen LogP contribution in [0.2, 0.25) is 0 Å². The van der Waals surface area contributed by atoms with Crippen molar-refractivity contribution in [2.45, 2.75) is 63.3 Å². The number of amides is 2. The minimum Gasteiger partial charge on any atom is -0.444 e. The fourth-order valence-corrected chi connectivity index (χ4v) is 5.38. The zero-order valence-electron chi connectivity index (χ0n) is 23.8. The van der Waals surface area contributed by atoms with Crippen molar-refractivity contribution >= 4 is 12.0 Å². The molecule has 0 spiro atoms. The van der Waals surface area contributed by atoms with Gasteiger partial charge >= 0.3 is 6.09 Å². The Morgan fingerprint density at radius 2 is 1.48 bits per heavy atom. The number of carbonyl (C=O) groups is 2. The third-order valence-electron chi connectivity index (χ3n) is 7.26. The Morgan fingerprint density at radius 3 is 2.00 bits per heavy atom. The Balaban J connectivity index is 1.46. The molecule has 0 aromatic heterocycles. The van der Waals surface area contributed by atoms with Gasteiger partial charge in [-0.1, -0.05) is 91.0 Å². The first kappa shape index (κ1) is 29.3. The number of carbonyl (C=O) groups excluding carboxylic acids is 2. The van der Waals surface area contributed by atoms with E-state index in [0.29, 0.717) is 19.5 Å². The quantitative estimate of drug-likeness (QED) is 0.351. The minimum atomic E-state index is -0.760. The molecule has 1 saturated heterocycles. The summed E-state index contributed by atoms with van der Waals surface area (Å²) in [5.74, 6) is -0.0365. The lowest BCUT2D eigenvalue weighted by Gasteiger charge is -2.29. The molecule has 1 aliphatic rings. The molecule has 1 heterocycles. The van der Waals surface area contributed by atoms with Crippen molar-refractivity contribution in [3.63, 3.8) is 0 Å². The van der Waals surface area contributed by atoms with Crippen molar-refractivity contribution in [2.75, 3.05) is 19.6 Å². The van der Waals surface area contributed by atoms with Crippen molar-refractivity contribution in [3.05, 3.63) is 108 Å². The molecule has 3 aromatic rings. The molecule has 4 N–H and O–H groups in total. The van der Waals surface area contributed by atoms with Crippen LogP contribution in [-0.4, -0.2) is 60.3 Å². The largest absolute Gasteiger partial charge is 0.444 e. The number of rotatable bonds is 10. The van der Waals surface area contributed by atoms with Gasteiger partial charge in [0.1, 0.15) is 11.6 Å². The number of nitrogens with zero attached hydrogens (tertiary/aromatic N) is 1. The topological polar surface area (TPSA) is 96.7 Å². The van der Waals surface area contributed by atoms with E-state index in [-0.39, 0.29) is 23.9 Å². The number of hydrogen-bond donors (Lipinski definition) is 3. The van der Waals surface area contributed by atoms with Crippen LogP contribution in [0, 0.1) is 0 Å². The molecule has 212 valence electrons. The molecular weight excluding hydrogens is 500 g/mol. The predicted octanol–water partition coefficient (Wildman–Crippen LogP) is 4.47. The molecule has 1 fully saturated rings. The third-order valence-corrected chi connectivity index (χ3v) is 7.26. The first-order valence-corrected chi connectivity index (χ1v) is 14.1.